The smallest absolute Gasteiger partial charge is 0.246 e. The van der Waals surface area contributed by atoms with Gasteiger partial charge in [-0.2, -0.15) is 0 Å². The molecule has 0 aliphatic carbocycles. The summed E-state index contributed by atoms with van der Waals surface area (Å²) in [5, 5.41) is 11.1. The molecule has 302 valence electrons. The number of benzene rings is 8. The van der Waals surface area contributed by atoms with Gasteiger partial charge in [0, 0.05) is 0 Å². The Balaban J connectivity index is 0.000000165. The van der Waals surface area contributed by atoms with E-state index in [4.69, 9.17) is 0 Å². The maximum atomic E-state index is 9.37. The lowest BCUT2D eigenvalue weighted by Crippen LogP contribution is -2.38. The Hall–Kier alpha value is -5.64. The van der Waals surface area contributed by atoms with Gasteiger partial charge in [-0.1, -0.05) is 146 Å². The van der Waals surface area contributed by atoms with Gasteiger partial charge >= 0.3 is 0 Å². The zero-order valence-electron chi connectivity index (χ0n) is 32.1. The van der Waals surface area contributed by atoms with Crippen LogP contribution in [0, 0.1) is 0 Å². The van der Waals surface area contributed by atoms with Crippen LogP contribution in [0.1, 0.15) is 0 Å². The average Bonchev–Trinajstić information content (AvgIpc) is 3.29. The lowest BCUT2D eigenvalue weighted by atomic mass is 10.3. The van der Waals surface area contributed by atoms with Crippen molar-refractivity contribution in [2.24, 2.45) is 0 Å². The quantitative estimate of drug-likeness (QED) is 0.0476. The van der Waals surface area contributed by atoms with Gasteiger partial charge in [-0.25, -0.2) is 16.8 Å². The standard InChI is InChI=1S/2C24H20P.H2O8S2/c2*1-5-13-21(14-6-1)25(22-15-7-2-8-16-22,23-17-9-3-10-18-23)24-19-11-4-12-20-24;1-9(2,3)7-8-10(4,5)6/h2*1-20H;(H,1,2,3)(H,4,5,6)/q2*+1;/p-2. The molecule has 0 N–H and O–H groups in total. The van der Waals surface area contributed by atoms with Gasteiger partial charge in [0.15, 0.2) is 0 Å². The van der Waals surface area contributed by atoms with Crippen molar-refractivity contribution in [2.75, 3.05) is 0 Å². The van der Waals surface area contributed by atoms with Gasteiger partial charge in [0.25, 0.3) is 0 Å². The van der Waals surface area contributed by atoms with Crippen molar-refractivity contribution in [1.82, 2.24) is 0 Å². The summed E-state index contributed by atoms with van der Waals surface area (Å²) in [6, 6.07) is 87.7. The first-order valence-corrected chi connectivity index (χ1v) is 24.8. The van der Waals surface area contributed by atoms with Gasteiger partial charge in [-0.3, -0.25) is 0 Å². The molecule has 0 bridgehead atoms. The van der Waals surface area contributed by atoms with Gasteiger partial charge in [-0.15, -0.1) is 8.67 Å². The highest BCUT2D eigenvalue weighted by atomic mass is 32.3. The van der Waals surface area contributed by atoms with E-state index in [9.17, 15) is 25.9 Å². The molecule has 8 rings (SSSR count). The van der Waals surface area contributed by atoms with Crippen LogP contribution in [0.15, 0.2) is 243 Å². The first kappa shape index (κ1) is 43.9. The van der Waals surface area contributed by atoms with Crippen molar-refractivity contribution < 1.29 is 34.6 Å². The van der Waals surface area contributed by atoms with Crippen LogP contribution in [0.2, 0.25) is 0 Å². The molecule has 0 aliphatic heterocycles. The summed E-state index contributed by atoms with van der Waals surface area (Å²) in [6.45, 7) is 0. The van der Waals surface area contributed by atoms with E-state index in [2.05, 4.69) is 251 Å². The lowest BCUT2D eigenvalue weighted by Gasteiger charge is -2.27. The zero-order valence-corrected chi connectivity index (χ0v) is 35.5. The fourth-order valence-corrected chi connectivity index (χ4v) is 16.1. The van der Waals surface area contributed by atoms with Crippen molar-refractivity contribution in [1.29, 1.82) is 0 Å². The Bertz CT molecular complexity index is 2200. The van der Waals surface area contributed by atoms with Crippen LogP contribution in [0.25, 0.3) is 0 Å². The molecule has 8 aromatic rings. The van der Waals surface area contributed by atoms with Crippen molar-refractivity contribution in [2.45, 2.75) is 0 Å². The van der Waals surface area contributed by atoms with Crippen molar-refractivity contribution in [3.05, 3.63) is 243 Å². The molecule has 0 atom stereocenters. The molecular formula is C48H40O8P2S2. The Kier molecular flexibility index (Phi) is 15.0. The van der Waals surface area contributed by atoms with E-state index >= 15 is 0 Å². The first-order valence-electron chi connectivity index (χ1n) is 18.6. The molecule has 12 heteroatoms. The van der Waals surface area contributed by atoms with E-state index in [0.29, 0.717) is 0 Å². The summed E-state index contributed by atoms with van der Waals surface area (Å²) in [7, 11) is -14.4. The fourth-order valence-electron chi connectivity index (χ4n) is 7.07. The predicted molar refractivity (Wildman–Crippen MR) is 244 cm³/mol. The van der Waals surface area contributed by atoms with Crippen LogP contribution in [0.3, 0.4) is 0 Å². The summed E-state index contributed by atoms with van der Waals surface area (Å²) in [5.41, 5.74) is 0. The third kappa shape index (κ3) is 10.7. The van der Waals surface area contributed by atoms with Crippen LogP contribution in [0.5, 0.6) is 0 Å². The summed E-state index contributed by atoms with van der Waals surface area (Å²) in [4.78, 5) is 0. The van der Waals surface area contributed by atoms with E-state index in [1.807, 2.05) is 0 Å². The predicted octanol–water partition coefficient (Wildman–Crippen LogP) is 6.47. The van der Waals surface area contributed by atoms with Crippen LogP contribution >= 0.6 is 14.5 Å². The second-order valence-electron chi connectivity index (χ2n) is 13.0. The SMILES string of the molecule is O=S(=O)([O-])OOS(=O)(=O)[O-].c1ccc([P+](c2ccccc2)(c2ccccc2)c2ccccc2)cc1.c1ccc([P+](c2ccccc2)(c2ccccc2)c2ccccc2)cc1. The molecule has 0 aliphatic rings. The van der Waals surface area contributed by atoms with Gasteiger partial charge < -0.3 is 9.11 Å². The molecule has 0 saturated carbocycles. The van der Waals surface area contributed by atoms with Crippen LogP contribution in [-0.2, 0) is 29.5 Å². The summed E-state index contributed by atoms with van der Waals surface area (Å²) < 4.78 is 61.5. The summed E-state index contributed by atoms with van der Waals surface area (Å²) in [6.07, 6.45) is 0. The van der Waals surface area contributed by atoms with Gasteiger partial charge in [0.2, 0.25) is 20.8 Å². The third-order valence-electron chi connectivity index (χ3n) is 9.34. The molecule has 0 spiro atoms. The van der Waals surface area contributed by atoms with Gasteiger partial charge in [0.05, 0.1) is 0 Å². The maximum Gasteiger partial charge on any atom is 0.246 e. The summed E-state index contributed by atoms with van der Waals surface area (Å²) >= 11 is 0. The molecule has 8 aromatic carbocycles. The molecule has 60 heavy (non-hydrogen) atoms. The zero-order chi connectivity index (χ0) is 42.3. The monoisotopic (exact) mass is 870 g/mol. The number of rotatable bonds is 11. The Labute approximate surface area is 353 Å². The van der Waals surface area contributed by atoms with E-state index < -0.39 is 35.3 Å². The molecule has 8 nitrogen and oxygen atoms in total. The second-order valence-corrected chi connectivity index (χ2v) is 21.7. The van der Waals surface area contributed by atoms with Gasteiger partial charge in [0.1, 0.15) is 57.0 Å². The van der Waals surface area contributed by atoms with Crippen molar-refractivity contribution in [3.8, 4) is 0 Å². The first-order chi connectivity index (χ1) is 29.0. The highest BCUT2D eigenvalue weighted by Gasteiger charge is 2.48. The molecule has 0 radical (unpaired) electrons. The van der Waals surface area contributed by atoms with E-state index in [1.165, 1.54) is 42.4 Å². The number of hydrogen-bond acceptors (Lipinski definition) is 8. The molecular weight excluding hydrogens is 831 g/mol. The maximum absolute atomic E-state index is 9.37. The minimum Gasteiger partial charge on any atom is -0.724 e. The van der Waals surface area contributed by atoms with E-state index in [1.54, 1.807) is 0 Å². The molecule has 0 fully saturated rings. The molecule has 0 heterocycles. The Morgan fingerprint density at radius 3 is 0.467 bits per heavy atom. The second kappa shape index (κ2) is 20.6. The lowest BCUT2D eigenvalue weighted by molar-refractivity contribution is -0.107. The molecule has 0 aromatic heterocycles. The molecule has 0 amide bonds. The number of hydrogen-bond donors (Lipinski definition) is 0. The van der Waals surface area contributed by atoms with Crippen LogP contribution in [-0.4, -0.2) is 25.9 Å². The minimum atomic E-state index is -5.31. The Morgan fingerprint density at radius 2 is 0.367 bits per heavy atom. The summed E-state index contributed by atoms with van der Waals surface area (Å²) in [5.74, 6) is 0. The normalized spacial score (nSPS) is 11.6. The fraction of sp³-hybridized carbons (Fsp3) is 0. The largest absolute Gasteiger partial charge is 0.724 e. The van der Waals surface area contributed by atoms with Gasteiger partial charge in [-0.05, 0) is 97.1 Å². The van der Waals surface area contributed by atoms with Crippen LogP contribution in [0.4, 0.5) is 0 Å². The molecule has 0 unspecified atom stereocenters. The minimum absolute atomic E-state index is 1.39. The van der Waals surface area contributed by atoms with E-state index in [-0.39, 0.29) is 0 Å². The molecule has 0 saturated heterocycles. The third-order valence-corrected chi connectivity index (χ3v) is 18.5. The topological polar surface area (TPSA) is 133 Å². The highest BCUT2D eigenvalue weighted by molar-refractivity contribution is 8.02. The van der Waals surface area contributed by atoms with Crippen molar-refractivity contribution in [3.63, 3.8) is 0 Å². The van der Waals surface area contributed by atoms with Crippen LogP contribution < -0.4 is 42.4 Å². The average molecular weight is 871 g/mol. The highest BCUT2D eigenvalue weighted by Crippen LogP contribution is 2.55. The van der Waals surface area contributed by atoms with Crippen molar-refractivity contribution >= 4 is 77.8 Å². The Morgan fingerprint density at radius 1 is 0.250 bits per heavy atom. The van der Waals surface area contributed by atoms with E-state index in [0.717, 1.165) is 0 Å².